The molecule has 1 saturated heterocycles. The SMILES string of the molecule is [2H]OC([2H])(C([2H])([2H])Oc1c([2H])c([2H])c([2H])c([2H])c1OC([2H])([2H])[2H])C([2H])([2H])N1C([2H])([2H])C([2H])([2H])N(C([2H])([2H])C(=O)N([2H])c2c(C([2H])([2H])[2H])c([2H])c([2H])c([2H])c2C([2H])([2H])[2H])C([2H])([2H])C1([2H])[2H]. The number of nitrogens with one attached hydrogen (secondary N) is 1. The number of carbonyl (C=O) groups excluding carboxylic acids is 1. The molecule has 2 N–H and O–H groups in total. The molecule has 31 heavy (non-hydrogen) atoms. The van der Waals surface area contributed by atoms with Gasteiger partial charge in [-0.2, -0.15) is 0 Å². The summed E-state index contributed by atoms with van der Waals surface area (Å²) in [5, 5.41) is 2.98. The van der Waals surface area contributed by atoms with Crippen LogP contribution in [-0.2, 0) is 4.79 Å². The number of piperazine rings is 1. The van der Waals surface area contributed by atoms with Crippen LogP contribution in [-0.4, -0.2) is 80.9 Å². The standard InChI is InChI=1S/C24H33N3O4/c1-18-7-6-8-19(2)24(18)25-23(29)16-27-13-11-26(12-14-27)15-20(28)17-31-22-10-5-4-9-21(22)30-3/h4-10,20,28H,11-17H2,1-3H3,(H,25,29)/i1D3,2D3,3D3,4D,5D,6D,7D,8D,9D,10D,11D2,12D2,13D2,14D2,15D2,16D2,17D2,20D,28D/hD. The number of carbonyl (C=O) groups is 1. The fourth-order valence-electron chi connectivity index (χ4n) is 1.76. The van der Waals surface area contributed by atoms with Crippen molar-refractivity contribution < 1.29 is 63.3 Å². The summed E-state index contributed by atoms with van der Waals surface area (Å²) in [4.78, 5) is 11.5. The molecule has 0 radical (unpaired) electrons. The molecule has 0 saturated carbocycles. The van der Waals surface area contributed by atoms with Gasteiger partial charge in [-0.25, -0.2) is 0 Å². The summed E-state index contributed by atoms with van der Waals surface area (Å²) >= 11 is 0. The Labute approximate surface area is 231 Å². The van der Waals surface area contributed by atoms with Crippen molar-refractivity contribution in [2.75, 3.05) is 57.9 Å². The molecule has 0 aliphatic carbocycles. The second-order valence-corrected chi connectivity index (χ2v) is 5.03. The van der Waals surface area contributed by atoms with E-state index in [1.165, 1.54) is 0 Å². The van der Waals surface area contributed by atoms with Gasteiger partial charge < -0.3 is 19.9 Å². The number of ether oxygens (including phenoxy) is 2. The number of para-hydroxylation sites is 3. The van der Waals surface area contributed by atoms with Crippen LogP contribution >= 0.6 is 0 Å². The predicted molar refractivity (Wildman–Crippen MR) is 122 cm³/mol. The van der Waals surface area contributed by atoms with Gasteiger partial charge in [0.15, 0.2) is 12.9 Å². The third-order valence-electron chi connectivity index (χ3n) is 3.00. The minimum Gasteiger partial charge on any atom is -0.493 e. The van der Waals surface area contributed by atoms with Crippen LogP contribution in [0, 0.1) is 13.7 Å². The minimum absolute atomic E-state index is 0.987. The van der Waals surface area contributed by atoms with E-state index in [9.17, 15) is 4.79 Å². The van der Waals surface area contributed by atoms with E-state index in [2.05, 4.69) is 9.85 Å². The lowest BCUT2D eigenvalue weighted by molar-refractivity contribution is -0.117. The summed E-state index contributed by atoms with van der Waals surface area (Å²) in [6.07, 6.45) is -4.81. The minimum atomic E-state index is -4.94. The van der Waals surface area contributed by atoms with Gasteiger partial charge in [0.2, 0.25) is 7.34 Å². The Balaban J connectivity index is 2.37. The van der Waals surface area contributed by atoms with Crippen LogP contribution < -0.4 is 14.8 Å². The first kappa shape index (κ1) is 5.30. The number of β-amino-alcohol motifs (C(OH)–C–C–N with tert-alkyl or cyclic N) is 1. The first-order valence-electron chi connectivity index (χ1n) is 24.1. The zero-order valence-electron chi connectivity index (χ0n) is 48.0. The van der Waals surface area contributed by atoms with Crippen LogP contribution in [0.25, 0.3) is 0 Å². The van der Waals surface area contributed by atoms with E-state index >= 15 is 0 Å². The molecule has 1 heterocycles. The molecular formula is C24H33N3O4. The van der Waals surface area contributed by atoms with Gasteiger partial charge in [0, 0.05) is 60.1 Å². The monoisotopic (exact) mass is 460 g/mol. The smallest absolute Gasteiger partial charge is 0.238 e. The lowest BCUT2D eigenvalue weighted by Crippen LogP contribution is -2.50. The Morgan fingerprint density at radius 3 is 2.65 bits per heavy atom. The third-order valence-corrected chi connectivity index (χ3v) is 3.00. The van der Waals surface area contributed by atoms with Crippen LogP contribution in [0.5, 0.6) is 11.5 Å². The van der Waals surface area contributed by atoms with Crippen LogP contribution in [0.15, 0.2) is 42.3 Å². The largest absolute Gasteiger partial charge is 0.493 e. The lowest BCUT2D eigenvalue weighted by atomic mass is 10.1. The lowest BCUT2D eigenvalue weighted by Gasteiger charge is -2.35. The molecule has 2 aromatic carbocycles. The molecule has 1 unspecified atom stereocenters. The molecule has 7 heteroatoms. The maximum Gasteiger partial charge on any atom is 0.238 e. The Kier molecular flexibility index (Phi) is 1.90. The molecule has 0 aromatic heterocycles. The van der Waals surface area contributed by atoms with Crippen molar-refractivity contribution in [2.45, 2.75) is 19.8 Å². The average Bonchev–Trinajstić information content (AvgIpc) is 3.09. The van der Waals surface area contributed by atoms with Crippen molar-refractivity contribution in [1.29, 1.82) is 1.43 Å². The van der Waals surface area contributed by atoms with Crippen molar-refractivity contribution >= 4 is 11.6 Å². The maximum absolute atomic E-state index is 14.0. The second kappa shape index (κ2) is 11.1. The van der Waals surface area contributed by atoms with Crippen LogP contribution in [0.2, 0.25) is 1.41 Å². The van der Waals surface area contributed by atoms with E-state index in [4.69, 9.17) is 50.1 Å². The quantitative estimate of drug-likeness (QED) is 0.567. The molecule has 7 nitrogen and oxygen atoms in total. The number of hydrogen-bond donors (Lipinski definition) is 2. The summed E-state index contributed by atoms with van der Waals surface area (Å²) < 4.78 is 280. The topological polar surface area (TPSA) is 74.3 Å². The summed E-state index contributed by atoms with van der Waals surface area (Å²) in [5.74, 6) is -6.00. The highest BCUT2D eigenvalue weighted by molar-refractivity contribution is 5.93. The molecule has 0 spiro atoms. The number of benzene rings is 2. The van der Waals surface area contributed by atoms with Crippen LogP contribution in [0.3, 0.4) is 0 Å². The summed E-state index contributed by atoms with van der Waals surface area (Å²) in [6.45, 7) is -41.2. The Bertz CT molecular complexity index is 2110. The number of aliphatic hydroxyl groups is 1. The molecule has 1 aliphatic heterocycles. The van der Waals surface area contributed by atoms with Crippen molar-refractivity contribution in [3.8, 4) is 11.5 Å². The highest BCUT2D eigenvalue weighted by Crippen LogP contribution is 2.25. The zero-order valence-corrected chi connectivity index (χ0v) is 15.0. The predicted octanol–water partition coefficient (Wildman–Crippen LogP) is 2.31. The number of rotatable bonds is 10. The van der Waals surface area contributed by atoms with Gasteiger partial charge in [0.25, 0.3) is 0 Å². The van der Waals surface area contributed by atoms with E-state index in [0.717, 1.165) is 0 Å². The van der Waals surface area contributed by atoms with Crippen LogP contribution in [0.1, 0.15) is 53.6 Å². The Morgan fingerprint density at radius 1 is 1.26 bits per heavy atom. The van der Waals surface area contributed by atoms with E-state index < -0.39 is 164 Å². The normalized spacial score (nSPS) is 41.6. The van der Waals surface area contributed by atoms with Gasteiger partial charge in [-0.1, -0.05) is 30.2 Å². The van der Waals surface area contributed by atoms with Crippen molar-refractivity contribution in [3.63, 3.8) is 0 Å². The average molecular weight is 461 g/mol. The van der Waals surface area contributed by atoms with Gasteiger partial charge in [0.1, 0.15) is 12.6 Å². The van der Waals surface area contributed by atoms with Crippen molar-refractivity contribution in [3.05, 3.63) is 53.4 Å². The molecule has 2 aromatic rings. The van der Waals surface area contributed by atoms with Gasteiger partial charge in [0.05, 0.1) is 34.1 Å². The van der Waals surface area contributed by atoms with E-state index in [-0.39, 0.29) is 0 Å². The van der Waals surface area contributed by atoms with Crippen LogP contribution in [0.4, 0.5) is 5.69 Å². The first-order chi connectivity index (χ1) is 28.0. The number of hydrogen-bond acceptors (Lipinski definition) is 6. The molecule has 1 atom stereocenters. The fraction of sp³-hybridized carbons (Fsp3) is 0.458. The van der Waals surface area contributed by atoms with E-state index in [1.54, 1.807) is 0 Å². The van der Waals surface area contributed by atoms with E-state index in [1.807, 2.05) is 0 Å². The Morgan fingerprint density at radius 2 is 1.97 bits per heavy atom. The Hall–Kier alpha value is -2.61. The highest BCUT2D eigenvalue weighted by atomic mass is 16.5. The second-order valence-electron chi connectivity index (χ2n) is 5.03. The molecule has 1 amide bonds. The number of methoxy groups -OCH3 is 1. The number of amides is 1. The first-order valence-corrected chi connectivity index (χ1v) is 7.76. The maximum atomic E-state index is 14.0. The molecule has 3 rings (SSSR count). The summed E-state index contributed by atoms with van der Waals surface area (Å²) in [6, 6.07) is -9.78. The molecule has 1 fully saturated rings. The number of anilines is 1. The van der Waals surface area contributed by atoms with Gasteiger partial charge in [-0.3, -0.25) is 14.6 Å². The van der Waals surface area contributed by atoms with Gasteiger partial charge in [-0.15, -0.1) is 0 Å². The third kappa shape index (κ3) is 6.69. The van der Waals surface area contributed by atoms with Gasteiger partial charge in [-0.05, 0) is 36.9 Å². The highest BCUT2D eigenvalue weighted by Gasteiger charge is 2.21. The zero-order chi connectivity index (χ0) is 50.9. The summed E-state index contributed by atoms with van der Waals surface area (Å²) in [7, 11) is -3.61. The van der Waals surface area contributed by atoms with E-state index in [0.29, 0.717) is 0 Å². The van der Waals surface area contributed by atoms with Crippen molar-refractivity contribution in [1.82, 2.24) is 9.80 Å². The van der Waals surface area contributed by atoms with Crippen molar-refractivity contribution in [2.24, 2.45) is 0 Å². The molecule has 1 aliphatic rings. The molecule has 168 valence electrons. The van der Waals surface area contributed by atoms with Gasteiger partial charge >= 0.3 is 0 Å². The number of nitrogens with zero attached hydrogens (tertiary/aromatic N) is 2. The molecular weight excluding hydrogens is 394 g/mol. The fourth-order valence-corrected chi connectivity index (χ4v) is 1.76. The molecule has 0 bridgehead atoms. The summed E-state index contributed by atoms with van der Waals surface area (Å²) in [5.41, 5.74) is -5.09.